The number of esters is 1. The largest absolute Gasteiger partial charge is 0.465 e. The van der Waals surface area contributed by atoms with E-state index in [9.17, 15) is 4.79 Å². The summed E-state index contributed by atoms with van der Waals surface area (Å²) >= 11 is 6.11. The lowest BCUT2D eigenvalue weighted by Crippen LogP contribution is -2.26. The second-order valence-electron chi connectivity index (χ2n) is 4.30. The Morgan fingerprint density at radius 2 is 2.33 bits per heavy atom. The molecule has 18 heavy (non-hydrogen) atoms. The van der Waals surface area contributed by atoms with E-state index in [1.54, 1.807) is 18.2 Å². The van der Waals surface area contributed by atoms with E-state index in [-0.39, 0.29) is 18.1 Å². The van der Waals surface area contributed by atoms with Gasteiger partial charge >= 0.3 is 5.97 Å². The van der Waals surface area contributed by atoms with Crippen LogP contribution in [-0.2, 0) is 9.47 Å². The van der Waals surface area contributed by atoms with Crippen molar-refractivity contribution >= 4 is 23.3 Å². The average molecular weight is 270 g/mol. The van der Waals surface area contributed by atoms with Crippen molar-refractivity contribution in [2.24, 2.45) is 0 Å². The first-order valence-electron chi connectivity index (χ1n) is 5.88. The molecule has 1 aromatic rings. The maximum atomic E-state index is 11.5. The molecular weight excluding hydrogens is 254 g/mol. The van der Waals surface area contributed by atoms with Crippen LogP contribution in [0.15, 0.2) is 18.2 Å². The summed E-state index contributed by atoms with van der Waals surface area (Å²) < 4.78 is 10.2. The third-order valence-corrected chi connectivity index (χ3v) is 3.43. The molecule has 0 radical (unpaired) electrons. The number of carbonyl (C=O) groups is 1. The van der Waals surface area contributed by atoms with Gasteiger partial charge in [0.05, 0.1) is 35.5 Å². The predicted octanol–water partition coefficient (Wildman–Crippen LogP) is 2.72. The summed E-state index contributed by atoms with van der Waals surface area (Å²) in [6.45, 7) is 2.76. The van der Waals surface area contributed by atoms with Crippen molar-refractivity contribution in [2.75, 3.05) is 19.0 Å². The highest BCUT2D eigenvalue weighted by Crippen LogP contribution is 2.27. The van der Waals surface area contributed by atoms with E-state index in [1.807, 2.05) is 6.92 Å². The van der Waals surface area contributed by atoms with Crippen molar-refractivity contribution in [3.63, 3.8) is 0 Å². The van der Waals surface area contributed by atoms with Gasteiger partial charge in [-0.2, -0.15) is 0 Å². The first-order chi connectivity index (χ1) is 8.61. The smallest absolute Gasteiger partial charge is 0.337 e. The van der Waals surface area contributed by atoms with Crippen LogP contribution in [0.3, 0.4) is 0 Å². The second-order valence-corrected chi connectivity index (χ2v) is 4.71. The molecule has 1 aliphatic rings. The van der Waals surface area contributed by atoms with Gasteiger partial charge in [-0.15, -0.1) is 0 Å². The first-order valence-corrected chi connectivity index (χ1v) is 6.25. The molecule has 0 aromatic heterocycles. The molecule has 1 saturated heterocycles. The second kappa shape index (κ2) is 5.59. The van der Waals surface area contributed by atoms with Gasteiger partial charge in [0.15, 0.2) is 0 Å². The fraction of sp³-hybridized carbons (Fsp3) is 0.462. The zero-order chi connectivity index (χ0) is 13.1. The van der Waals surface area contributed by atoms with Crippen molar-refractivity contribution in [1.29, 1.82) is 0 Å². The summed E-state index contributed by atoms with van der Waals surface area (Å²) in [5.41, 5.74) is 1.22. The maximum Gasteiger partial charge on any atom is 0.337 e. The SMILES string of the molecule is COC(=O)c1ccc(Cl)c(NC2CCOC2C)c1. The highest BCUT2D eigenvalue weighted by Gasteiger charge is 2.24. The van der Waals surface area contributed by atoms with E-state index in [0.29, 0.717) is 10.6 Å². The summed E-state index contributed by atoms with van der Waals surface area (Å²) in [6, 6.07) is 5.26. The summed E-state index contributed by atoms with van der Waals surface area (Å²) in [7, 11) is 1.36. The zero-order valence-electron chi connectivity index (χ0n) is 10.4. The number of hydrogen-bond donors (Lipinski definition) is 1. The molecule has 0 amide bonds. The molecule has 0 aliphatic carbocycles. The number of hydrogen-bond acceptors (Lipinski definition) is 4. The number of halogens is 1. The fourth-order valence-electron chi connectivity index (χ4n) is 2.00. The lowest BCUT2D eigenvalue weighted by atomic mass is 10.1. The molecule has 2 unspecified atom stereocenters. The van der Waals surface area contributed by atoms with Crippen LogP contribution >= 0.6 is 11.6 Å². The third kappa shape index (κ3) is 2.76. The maximum absolute atomic E-state index is 11.5. The van der Waals surface area contributed by atoms with Gasteiger partial charge in [-0.1, -0.05) is 11.6 Å². The highest BCUT2D eigenvalue weighted by atomic mass is 35.5. The summed E-state index contributed by atoms with van der Waals surface area (Å²) in [4.78, 5) is 11.5. The molecular formula is C13H16ClNO3. The van der Waals surface area contributed by atoms with Gasteiger partial charge in [-0.05, 0) is 31.5 Å². The van der Waals surface area contributed by atoms with E-state index in [1.165, 1.54) is 7.11 Å². The van der Waals surface area contributed by atoms with Crippen molar-refractivity contribution in [3.05, 3.63) is 28.8 Å². The number of ether oxygens (including phenoxy) is 2. The minimum Gasteiger partial charge on any atom is -0.465 e. The quantitative estimate of drug-likeness (QED) is 0.857. The van der Waals surface area contributed by atoms with E-state index >= 15 is 0 Å². The van der Waals surface area contributed by atoms with Gasteiger partial charge in [0.25, 0.3) is 0 Å². The summed E-state index contributed by atoms with van der Waals surface area (Å²) in [5, 5.41) is 3.90. The van der Waals surface area contributed by atoms with Crippen LogP contribution in [0.2, 0.25) is 5.02 Å². The van der Waals surface area contributed by atoms with Crippen molar-refractivity contribution in [1.82, 2.24) is 0 Å². The van der Waals surface area contributed by atoms with Gasteiger partial charge in [-0.3, -0.25) is 0 Å². The van der Waals surface area contributed by atoms with Gasteiger partial charge in [-0.25, -0.2) is 4.79 Å². The van der Waals surface area contributed by atoms with Crippen molar-refractivity contribution in [2.45, 2.75) is 25.5 Å². The van der Waals surface area contributed by atoms with Crippen LogP contribution in [-0.4, -0.2) is 31.8 Å². The van der Waals surface area contributed by atoms with Crippen LogP contribution in [0.25, 0.3) is 0 Å². The van der Waals surface area contributed by atoms with Gasteiger partial charge < -0.3 is 14.8 Å². The lowest BCUT2D eigenvalue weighted by molar-refractivity contribution is 0.0601. The number of carbonyl (C=O) groups excluding carboxylic acids is 1. The standard InChI is InChI=1S/C13H16ClNO3/c1-8-11(5-6-18-8)15-12-7-9(13(16)17-2)3-4-10(12)14/h3-4,7-8,11,15H,5-6H2,1-2H3. The number of benzene rings is 1. The minimum atomic E-state index is -0.370. The zero-order valence-corrected chi connectivity index (χ0v) is 11.2. The Morgan fingerprint density at radius 1 is 1.56 bits per heavy atom. The topological polar surface area (TPSA) is 47.6 Å². The Hall–Kier alpha value is -1.26. The van der Waals surface area contributed by atoms with E-state index in [2.05, 4.69) is 10.1 Å². The number of anilines is 1. The molecule has 2 atom stereocenters. The first kappa shape index (κ1) is 13.2. The monoisotopic (exact) mass is 269 g/mol. The number of methoxy groups -OCH3 is 1. The molecule has 1 aromatic carbocycles. The molecule has 98 valence electrons. The minimum absolute atomic E-state index is 0.142. The van der Waals surface area contributed by atoms with Crippen LogP contribution < -0.4 is 5.32 Å². The molecule has 1 N–H and O–H groups in total. The van der Waals surface area contributed by atoms with Crippen LogP contribution in [0.5, 0.6) is 0 Å². The van der Waals surface area contributed by atoms with Gasteiger partial charge in [0.1, 0.15) is 0 Å². The number of nitrogens with one attached hydrogen (secondary N) is 1. The summed E-state index contributed by atoms with van der Waals surface area (Å²) in [5.74, 6) is -0.370. The molecule has 1 heterocycles. The molecule has 1 aliphatic heterocycles. The number of rotatable bonds is 3. The molecule has 0 saturated carbocycles. The van der Waals surface area contributed by atoms with Crippen LogP contribution in [0.4, 0.5) is 5.69 Å². The lowest BCUT2D eigenvalue weighted by Gasteiger charge is -2.18. The molecule has 1 fully saturated rings. The highest BCUT2D eigenvalue weighted by molar-refractivity contribution is 6.33. The fourth-order valence-corrected chi connectivity index (χ4v) is 2.17. The van der Waals surface area contributed by atoms with Crippen molar-refractivity contribution in [3.8, 4) is 0 Å². The third-order valence-electron chi connectivity index (χ3n) is 3.10. The Balaban J connectivity index is 2.18. The van der Waals surface area contributed by atoms with Crippen LogP contribution in [0, 0.1) is 0 Å². The molecule has 4 nitrogen and oxygen atoms in total. The van der Waals surface area contributed by atoms with E-state index in [4.69, 9.17) is 16.3 Å². The Kier molecular flexibility index (Phi) is 4.09. The molecule has 5 heteroatoms. The Morgan fingerprint density at radius 3 is 2.94 bits per heavy atom. The molecule has 0 bridgehead atoms. The van der Waals surface area contributed by atoms with E-state index in [0.717, 1.165) is 18.7 Å². The Bertz CT molecular complexity index is 450. The van der Waals surface area contributed by atoms with Gasteiger partial charge in [0.2, 0.25) is 0 Å². The summed E-state index contributed by atoms with van der Waals surface area (Å²) in [6.07, 6.45) is 1.07. The van der Waals surface area contributed by atoms with Crippen molar-refractivity contribution < 1.29 is 14.3 Å². The normalized spacial score (nSPS) is 22.8. The molecule has 2 rings (SSSR count). The Labute approximate surface area is 111 Å². The predicted molar refractivity (Wildman–Crippen MR) is 70.2 cm³/mol. The molecule has 0 spiro atoms. The van der Waals surface area contributed by atoms with Crippen LogP contribution in [0.1, 0.15) is 23.7 Å². The average Bonchev–Trinajstić information content (AvgIpc) is 2.77. The van der Waals surface area contributed by atoms with Gasteiger partial charge in [0, 0.05) is 6.61 Å². The van der Waals surface area contributed by atoms with E-state index < -0.39 is 0 Å².